The number of thioether (sulfide) groups is 1. The summed E-state index contributed by atoms with van der Waals surface area (Å²) in [5.41, 5.74) is -0.152. The average molecular weight is 421 g/mol. The summed E-state index contributed by atoms with van der Waals surface area (Å²) >= 11 is 8.02. The highest BCUT2D eigenvalue weighted by molar-refractivity contribution is 7.99. The van der Waals surface area contributed by atoms with Gasteiger partial charge < -0.3 is 14.6 Å². The SMILES string of the molecule is O=C(c1nn2c(c1Cl)N[C@H](c1ccco1)C[C@@H]2C(F)(F)F)N1CCSCC1. The van der Waals surface area contributed by atoms with E-state index in [0.717, 1.165) is 16.2 Å². The number of aromatic nitrogens is 2. The molecule has 2 aliphatic heterocycles. The molecular weight excluding hydrogens is 405 g/mol. The van der Waals surface area contributed by atoms with Crippen LogP contribution < -0.4 is 5.32 Å². The Morgan fingerprint density at radius 3 is 2.74 bits per heavy atom. The average Bonchev–Trinajstić information content (AvgIpc) is 3.29. The topological polar surface area (TPSA) is 63.3 Å². The van der Waals surface area contributed by atoms with Crippen molar-refractivity contribution in [1.29, 1.82) is 0 Å². The van der Waals surface area contributed by atoms with Gasteiger partial charge in [-0.05, 0) is 12.1 Å². The Bertz CT molecular complexity index is 834. The quantitative estimate of drug-likeness (QED) is 0.796. The van der Waals surface area contributed by atoms with Gasteiger partial charge in [-0.3, -0.25) is 4.79 Å². The zero-order valence-corrected chi connectivity index (χ0v) is 15.6. The number of amides is 1. The van der Waals surface area contributed by atoms with Crippen LogP contribution in [0.15, 0.2) is 22.8 Å². The fourth-order valence-corrected chi connectivity index (χ4v) is 4.48. The Balaban J connectivity index is 1.72. The van der Waals surface area contributed by atoms with Crippen LogP contribution in [0.4, 0.5) is 19.0 Å². The van der Waals surface area contributed by atoms with E-state index in [9.17, 15) is 18.0 Å². The van der Waals surface area contributed by atoms with Crippen LogP contribution in [0.25, 0.3) is 0 Å². The normalized spacial score (nSPS) is 23.0. The van der Waals surface area contributed by atoms with Crippen molar-refractivity contribution >= 4 is 35.1 Å². The first-order valence-corrected chi connectivity index (χ1v) is 9.91. The van der Waals surface area contributed by atoms with Crippen molar-refractivity contribution in [3.63, 3.8) is 0 Å². The highest BCUT2D eigenvalue weighted by atomic mass is 35.5. The van der Waals surface area contributed by atoms with Gasteiger partial charge in [0, 0.05) is 31.0 Å². The zero-order chi connectivity index (χ0) is 19.2. The van der Waals surface area contributed by atoms with E-state index in [1.165, 1.54) is 6.26 Å². The van der Waals surface area contributed by atoms with Crippen LogP contribution in [0, 0.1) is 0 Å². The number of fused-ring (bicyclic) bond motifs is 1. The molecule has 4 rings (SSSR count). The maximum atomic E-state index is 13.7. The highest BCUT2D eigenvalue weighted by Crippen LogP contribution is 2.46. The third kappa shape index (κ3) is 3.40. The predicted molar refractivity (Wildman–Crippen MR) is 95.2 cm³/mol. The fraction of sp³-hybridized carbons (Fsp3) is 0.500. The molecule has 2 aromatic heterocycles. The molecule has 27 heavy (non-hydrogen) atoms. The summed E-state index contributed by atoms with van der Waals surface area (Å²) in [5, 5.41) is 6.82. The van der Waals surface area contributed by atoms with E-state index < -0.39 is 24.2 Å². The maximum Gasteiger partial charge on any atom is 0.410 e. The van der Waals surface area contributed by atoms with Gasteiger partial charge in [-0.1, -0.05) is 11.6 Å². The lowest BCUT2D eigenvalue weighted by Gasteiger charge is -2.32. The molecule has 0 saturated carbocycles. The Kier molecular flexibility index (Phi) is 4.79. The Hall–Kier alpha value is -1.81. The van der Waals surface area contributed by atoms with Gasteiger partial charge in [-0.15, -0.1) is 0 Å². The van der Waals surface area contributed by atoms with E-state index >= 15 is 0 Å². The minimum Gasteiger partial charge on any atom is -0.467 e. The van der Waals surface area contributed by atoms with E-state index in [2.05, 4.69) is 10.4 Å². The molecule has 1 amide bonds. The lowest BCUT2D eigenvalue weighted by Crippen LogP contribution is -2.38. The largest absolute Gasteiger partial charge is 0.467 e. The number of nitrogens with one attached hydrogen (secondary N) is 1. The van der Waals surface area contributed by atoms with E-state index in [1.54, 1.807) is 28.8 Å². The molecular formula is C16H16ClF3N4O2S. The number of alkyl halides is 3. The standard InChI is InChI=1S/C16H16ClF3N4O2S/c17-12-13(15(25)23-3-6-27-7-4-23)22-24-11(16(18,19)20)8-9(21-14(12)24)10-2-1-5-26-10/h1-2,5,9,11,21H,3-4,6-8H2/t9-,11+/m0/s1. The summed E-state index contributed by atoms with van der Waals surface area (Å²) in [7, 11) is 0. The van der Waals surface area contributed by atoms with Crippen LogP contribution in [0.2, 0.25) is 5.02 Å². The molecule has 0 aliphatic carbocycles. The molecule has 0 unspecified atom stereocenters. The molecule has 0 spiro atoms. The lowest BCUT2D eigenvalue weighted by molar-refractivity contribution is -0.174. The van der Waals surface area contributed by atoms with Gasteiger partial charge in [-0.25, -0.2) is 4.68 Å². The molecule has 146 valence electrons. The second kappa shape index (κ2) is 6.97. The number of rotatable bonds is 2. The number of halogens is 4. The molecule has 11 heteroatoms. The lowest BCUT2D eigenvalue weighted by atomic mass is 10.0. The molecule has 4 heterocycles. The Morgan fingerprint density at radius 2 is 2.11 bits per heavy atom. The van der Waals surface area contributed by atoms with Crippen molar-refractivity contribution in [1.82, 2.24) is 14.7 Å². The summed E-state index contributed by atoms with van der Waals surface area (Å²) in [6.07, 6.45) is -3.45. The van der Waals surface area contributed by atoms with Crippen molar-refractivity contribution in [3.8, 4) is 0 Å². The van der Waals surface area contributed by atoms with Crippen LogP contribution in [0.3, 0.4) is 0 Å². The second-order valence-electron chi connectivity index (χ2n) is 6.37. The van der Waals surface area contributed by atoms with Crippen LogP contribution in [0.5, 0.6) is 0 Å². The summed E-state index contributed by atoms with van der Waals surface area (Å²) in [4.78, 5) is 14.3. The first kappa shape index (κ1) is 18.5. The predicted octanol–water partition coefficient (Wildman–Crippen LogP) is 3.98. The summed E-state index contributed by atoms with van der Waals surface area (Å²) in [6.45, 7) is 1.04. The van der Waals surface area contributed by atoms with Gasteiger partial charge in [0.15, 0.2) is 11.7 Å². The van der Waals surface area contributed by atoms with E-state index in [-0.39, 0.29) is 23.0 Å². The third-order valence-electron chi connectivity index (χ3n) is 4.68. The molecule has 2 atom stereocenters. The molecule has 1 saturated heterocycles. The molecule has 6 nitrogen and oxygen atoms in total. The Morgan fingerprint density at radius 1 is 1.37 bits per heavy atom. The number of carbonyl (C=O) groups excluding carboxylic acids is 1. The third-order valence-corrected chi connectivity index (χ3v) is 5.98. The van der Waals surface area contributed by atoms with Gasteiger partial charge in [0.1, 0.15) is 16.6 Å². The van der Waals surface area contributed by atoms with Gasteiger partial charge in [0.05, 0.1) is 12.3 Å². The zero-order valence-electron chi connectivity index (χ0n) is 14.0. The summed E-state index contributed by atoms with van der Waals surface area (Å²) in [6, 6.07) is 0.585. The van der Waals surface area contributed by atoms with Gasteiger partial charge in [0.2, 0.25) is 0 Å². The number of hydrogen-bond acceptors (Lipinski definition) is 5. The maximum absolute atomic E-state index is 13.7. The highest BCUT2D eigenvalue weighted by Gasteiger charge is 2.48. The molecule has 1 fully saturated rings. The number of furan rings is 1. The molecule has 0 radical (unpaired) electrons. The van der Waals surface area contributed by atoms with Gasteiger partial charge >= 0.3 is 6.18 Å². The van der Waals surface area contributed by atoms with Crippen LogP contribution >= 0.6 is 23.4 Å². The van der Waals surface area contributed by atoms with E-state index in [4.69, 9.17) is 16.0 Å². The number of nitrogens with zero attached hydrogens (tertiary/aromatic N) is 3. The minimum atomic E-state index is -4.54. The second-order valence-corrected chi connectivity index (χ2v) is 7.97. The molecule has 0 aromatic carbocycles. The van der Waals surface area contributed by atoms with E-state index in [0.29, 0.717) is 18.8 Å². The van der Waals surface area contributed by atoms with Crippen molar-refractivity contribution in [2.24, 2.45) is 0 Å². The monoisotopic (exact) mass is 420 g/mol. The van der Waals surface area contributed by atoms with Crippen LogP contribution in [-0.4, -0.2) is 51.4 Å². The number of anilines is 1. The summed E-state index contributed by atoms with van der Waals surface area (Å²) < 4.78 is 47.1. The Labute approximate surface area is 162 Å². The molecule has 2 aliphatic rings. The molecule has 1 N–H and O–H groups in total. The molecule has 2 aromatic rings. The van der Waals surface area contributed by atoms with Crippen LogP contribution in [0.1, 0.15) is 34.8 Å². The number of hydrogen-bond donors (Lipinski definition) is 1. The first-order valence-electron chi connectivity index (χ1n) is 8.38. The number of carbonyl (C=O) groups is 1. The fourth-order valence-electron chi connectivity index (χ4n) is 3.32. The van der Waals surface area contributed by atoms with E-state index in [1.807, 2.05) is 0 Å². The van der Waals surface area contributed by atoms with Crippen molar-refractivity contribution in [2.75, 3.05) is 29.9 Å². The van der Waals surface area contributed by atoms with Crippen molar-refractivity contribution in [2.45, 2.75) is 24.7 Å². The van der Waals surface area contributed by atoms with Crippen molar-refractivity contribution < 1.29 is 22.4 Å². The van der Waals surface area contributed by atoms with Crippen LogP contribution in [-0.2, 0) is 0 Å². The van der Waals surface area contributed by atoms with Gasteiger partial charge in [0.25, 0.3) is 5.91 Å². The summed E-state index contributed by atoms with van der Waals surface area (Å²) in [5.74, 6) is 1.47. The molecule has 0 bridgehead atoms. The minimum absolute atomic E-state index is 0.0126. The smallest absolute Gasteiger partial charge is 0.410 e. The first-order chi connectivity index (χ1) is 12.9. The van der Waals surface area contributed by atoms with Crippen molar-refractivity contribution in [3.05, 3.63) is 34.9 Å². The van der Waals surface area contributed by atoms with Gasteiger partial charge in [-0.2, -0.15) is 30.0 Å².